The minimum absolute atomic E-state index is 0.175. The van der Waals surface area contributed by atoms with Gasteiger partial charge in [0.15, 0.2) is 0 Å². The van der Waals surface area contributed by atoms with Crippen LogP contribution in [-0.4, -0.2) is 21.9 Å². The summed E-state index contributed by atoms with van der Waals surface area (Å²) in [5.74, 6) is -0.167. The second-order valence-electron chi connectivity index (χ2n) is 6.06. The number of anilines is 2. The Hall–Kier alpha value is -2.50. The summed E-state index contributed by atoms with van der Waals surface area (Å²) in [6.45, 7) is 0. The summed E-state index contributed by atoms with van der Waals surface area (Å²) in [7, 11) is 0. The van der Waals surface area contributed by atoms with E-state index < -0.39 is 0 Å². The molecule has 1 amide bonds. The van der Waals surface area contributed by atoms with Gasteiger partial charge in [-0.25, -0.2) is 14.4 Å². The molecule has 1 aromatic heterocycles. The molecular weight excluding hydrogens is 307 g/mol. The first kappa shape index (κ1) is 16.4. The van der Waals surface area contributed by atoms with Crippen molar-refractivity contribution in [2.24, 2.45) is 0 Å². The van der Waals surface area contributed by atoms with E-state index in [0.29, 0.717) is 17.3 Å². The van der Waals surface area contributed by atoms with Crippen LogP contribution in [0.1, 0.15) is 49.0 Å². The standard InChI is InChI=1S/C18H21FN4O/c19-13-7-9-15(10-8-13)22-18-20-12-11-16(23-18)17(24)21-14-5-3-1-2-4-6-14/h7-12,14H,1-6H2,(H,21,24)(H,20,22,23). The van der Waals surface area contributed by atoms with Crippen molar-refractivity contribution in [1.29, 1.82) is 0 Å². The predicted molar refractivity (Wildman–Crippen MR) is 90.7 cm³/mol. The molecule has 1 aliphatic rings. The first-order valence-corrected chi connectivity index (χ1v) is 8.37. The number of amides is 1. The van der Waals surface area contributed by atoms with Crippen molar-refractivity contribution in [2.75, 3.05) is 5.32 Å². The Morgan fingerprint density at radius 3 is 2.46 bits per heavy atom. The normalized spacial score (nSPS) is 15.5. The minimum Gasteiger partial charge on any atom is -0.348 e. The number of carbonyl (C=O) groups excluding carboxylic acids is 1. The number of hydrogen-bond donors (Lipinski definition) is 2. The van der Waals surface area contributed by atoms with Gasteiger partial charge < -0.3 is 10.6 Å². The van der Waals surface area contributed by atoms with E-state index in [-0.39, 0.29) is 17.8 Å². The number of benzene rings is 1. The first-order valence-electron chi connectivity index (χ1n) is 8.37. The highest BCUT2D eigenvalue weighted by Crippen LogP contribution is 2.18. The molecule has 1 saturated carbocycles. The zero-order valence-corrected chi connectivity index (χ0v) is 13.5. The lowest BCUT2D eigenvalue weighted by Gasteiger charge is -2.16. The quantitative estimate of drug-likeness (QED) is 0.838. The maximum atomic E-state index is 12.9. The maximum Gasteiger partial charge on any atom is 0.270 e. The number of nitrogens with zero attached hydrogens (tertiary/aromatic N) is 2. The van der Waals surface area contributed by atoms with Crippen molar-refractivity contribution in [3.63, 3.8) is 0 Å². The third-order valence-electron chi connectivity index (χ3n) is 4.18. The SMILES string of the molecule is O=C(NC1CCCCCC1)c1ccnc(Nc2ccc(F)cc2)n1. The average molecular weight is 328 g/mol. The maximum absolute atomic E-state index is 12.9. The Morgan fingerprint density at radius 1 is 1.04 bits per heavy atom. The number of halogens is 1. The van der Waals surface area contributed by atoms with Crippen molar-refractivity contribution in [3.8, 4) is 0 Å². The van der Waals surface area contributed by atoms with E-state index in [9.17, 15) is 9.18 Å². The summed E-state index contributed by atoms with van der Waals surface area (Å²) in [5.41, 5.74) is 0.997. The molecule has 1 fully saturated rings. The van der Waals surface area contributed by atoms with Gasteiger partial charge in [-0.15, -0.1) is 0 Å². The van der Waals surface area contributed by atoms with Crippen molar-refractivity contribution in [1.82, 2.24) is 15.3 Å². The summed E-state index contributed by atoms with van der Waals surface area (Å²) in [5, 5.41) is 6.04. The third kappa shape index (κ3) is 4.50. The summed E-state index contributed by atoms with van der Waals surface area (Å²) in [4.78, 5) is 20.8. The largest absolute Gasteiger partial charge is 0.348 e. The van der Waals surface area contributed by atoms with Crippen LogP contribution in [-0.2, 0) is 0 Å². The number of aromatic nitrogens is 2. The molecule has 6 heteroatoms. The van der Waals surface area contributed by atoms with Crippen LogP contribution in [0.15, 0.2) is 36.5 Å². The van der Waals surface area contributed by atoms with Gasteiger partial charge >= 0.3 is 0 Å². The second kappa shape index (κ2) is 7.86. The fraction of sp³-hybridized carbons (Fsp3) is 0.389. The van der Waals surface area contributed by atoms with Gasteiger partial charge in [-0.05, 0) is 43.2 Å². The van der Waals surface area contributed by atoms with E-state index in [2.05, 4.69) is 20.6 Å². The molecule has 0 atom stereocenters. The molecule has 3 rings (SSSR count). The van der Waals surface area contributed by atoms with Crippen LogP contribution >= 0.6 is 0 Å². The van der Waals surface area contributed by atoms with Gasteiger partial charge in [0.2, 0.25) is 5.95 Å². The Kier molecular flexibility index (Phi) is 5.36. The van der Waals surface area contributed by atoms with Gasteiger partial charge in [0.05, 0.1) is 0 Å². The second-order valence-corrected chi connectivity index (χ2v) is 6.06. The van der Waals surface area contributed by atoms with Gasteiger partial charge in [0.25, 0.3) is 5.91 Å². The van der Waals surface area contributed by atoms with Gasteiger partial charge in [-0.1, -0.05) is 25.7 Å². The molecule has 0 aliphatic heterocycles. The lowest BCUT2D eigenvalue weighted by atomic mass is 10.1. The van der Waals surface area contributed by atoms with Crippen LogP contribution < -0.4 is 10.6 Å². The number of nitrogens with one attached hydrogen (secondary N) is 2. The van der Waals surface area contributed by atoms with Crippen LogP contribution in [0.2, 0.25) is 0 Å². The Bertz CT molecular complexity index is 682. The smallest absolute Gasteiger partial charge is 0.270 e. The highest BCUT2D eigenvalue weighted by molar-refractivity contribution is 5.92. The van der Waals surface area contributed by atoms with Gasteiger partial charge in [0.1, 0.15) is 11.5 Å². The molecule has 126 valence electrons. The van der Waals surface area contributed by atoms with Crippen molar-refractivity contribution in [3.05, 3.63) is 48.0 Å². The summed E-state index contributed by atoms with van der Waals surface area (Å²) >= 11 is 0. The number of hydrogen-bond acceptors (Lipinski definition) is 4. The van der Waals surface area contributed by atoms with Crippen LogP contribution in [0.4, 0.5) is 16.0 Å². The molecule has 2 N–H and O–H groups in total. The lowest BCUT2D eigenvalue weighted by molar-refractivity contribution is 0.0928. The van der Waals surface area contributed by atoms with Crippen molar-refractivity contribution in [2.45, 2.75) is 44.6 Å². The molecule has 0 bridgehead atoms. The monoisotopic (exact) mass is 328 g/mol. The molecule has 1 heterocycles. The van der Waals surface area contributed by atoms with Crippen molar-refractivity contribution < 1.29 is 9.18 Å². The molecule has 2 aromatic rings. The summed E-state index contributed by atoms with van der Waals surface area (Å²) in [6, 6.07) is 7.72. The molecule has 24 heavy (non-hydrogen) atoms. The zero-order chi connectivity index (χ0) is 16.8. The Labute approximate surface area is 140 Å². The molecule has 0 unspecified atom stereocenters. The van der Waals surface area contributed by atoms with E-state index in [4.69, 9.17) is 0 Å². The van der Waals surface area contributed by atoms with Gasteiger partial charge in [0, 0.05) is 17.9 Å². The highest BCUT2D eigenvalue weighted by Gasteiger charge is 2.17. The fourth-order valence-corrected chi connectivity index (χ4v) is 2.89. The van der Waals surface area contributed by atoms with Crippen LogP contribution in [0.25, 0.3) is 0 Å². The predicted octanol–water partition coefficient (Wildman–Crippen LogP) is 3.81. The van der Waals surface area contributed by atoms with Crippen molar-refractivity contribution >= 4 is 17.5 Å². The van der Waals surface area contributed by atoms with Crippen LogP contribution in [0.3, 0.4) is 0 Å². The molecule has 1 aliphatic carbocycles. The minimum atomic E-state index is -0.307. The van der Waals surface area contributed by atoms with E-state index in [1.165, 1.54) is 25.0 Å². The molecule has 0 spiro atoms. The first-order chi connectivity index (χ1) is 11.7. The Balaban J connectivity index is 1.65. The van der Waals surface area contributed by atoms with Crippen LogP contribution in [0.5, 0.6) is 0 Å². The molecule has 0 saturated heterocycles. The molecule has 1 aromatic carbocycles. The molecule has 5 nitrogen and oxygen atoms in total. The molecule has 0 radical (unpaired) electrons. The van der Waals surface area contributed by atoms with Crippen LogP contribution in [0, 0.1) is 5.82 Å². The topological polar surface area (TPSA) is 66.9 Å². The summed E-state index contributed by atoms with van der Waals surface area (Å²) in [6.07, 6.45) is 8.39. The van der Waals surface area contributed by atoms with E-state index >= 15 is 0 Å². The van der Waals surface area contributed by atoms with Gasteiger partial charge in [-0.3, -0.25) is 4.79 Å². The molecular formula is C18H21FN4O. The number of carbonyl (C=O) groups is 1. The fourth-order valence-electron chi connectivity index (χ4n) is 2.89. The highest BCUT2D eigenvalue weighted by atomic mass is 19.1. The average Bonchev–Trinajstić information content (AvgIpc) is 2.86. The Morgan fingerprint density at radius 2 is 1.75 bits per heavy atom. The van der Waals surface area contributed by atoms with Gasteiger partial charge in [-0.2, -0.15) is 0 Å². The third-order valence-corrected chi connectivity index (χ3v) is 4.18. The lowest BCUT2D eigenvalue weighted by Crippen LogP contribution is -2.35. The van der Waals surface area contributed by atoms with E-state index in [1.807, 2.05) is 0 Å². The zero-order valence-electron chi connectivity index (χ0n) is 13.5. The number of rotatable bonds is 4. The summed E-state index contributed by atoms with van der Waals surface area (Å²) < 4.78 is 12.9. The van der Waals surface area contributed by atoms with E-state index in [1.54, 1.807) is 24.4 Å². The van der Waals surface area contributed by atoms with E-state index in [0.717, 1.165) is 25.7 Å².